The van der Waals surface area contributed by atoms with Crippen LogP contribution < -0.4 is 5.32 Å². The molecule has 0 aliphatic carbocycles. The fourth-order valence-corrected chi connectivity index (χ4v) is 4.08. The van der Waals surface area contributed by atoms with Gasteiger partial charge in [0.2, 0.25) is 0 Å². The summed E-state index contributed by atoms with van der Waals surface area (Å²) in [4.78, 5) is 2.50. The summed E-state index contributed by atoms with van der Waals surface area (Å²) in [5, 5.41) is 5.01. The summed E-state index contributed by atoms with van der Waals surface area (Å²) in [5.74, 6) is 0. The number of benzene rings is 2. The summed E-state index contributed by atoms with van der Waals surface area (Å²) >= 11 is 0. The van der Waals surface area contributed by atoms with Gasteiger partial charge in [-0.3, -0.25) is 4.90 Å². The second-order valence-electron chi connectivity index (χ2n) is 7.77. The molecule has 148 valence electrons. The van der Waals surface area contributed by atoms with Gasteiger partial charge in [-0.1, -0.05) is 48.0 Å². The first-order valence-electron chi connectivity index (χ1n) is 10.4. The third-order valence-corrected chi connectivity index (χ3v) is 5.55. The number of morpholine rings is 1. The summed E-state index contributed by atoms with van der Waals surface area (Å²) in [6.07, 6.45) is 3.50. The van der Waals surface area contributed by atoms with Crippen LogP contribution in [-0.4, -0.2) is 48.9 Å². The van der Waals surface area contributed by atoms with Crippen molar-refractivity contribution in [3.8, 4) is 0 Å². The molecule has 4 heteroatoms. The molecule has 2 aromatic carbocycles. The molecule has 4 rings (SSSR count). The lowest BCUT2D eigenvalue weighted by Gasteiger charge is -2.26. The number of hydrogen-bond acceptors (Lipinski definition) is 3. The fraction of sp³-hybridized carbons (Fsp3) is 0.417. The van der Waals surface area contributed by atoms with Crippen LogP contribution in [0.2, 0.25) is 0 Å². The number of hydrogen-bond donors (Lipinski definition) is 1. The van der Waals surface area contributed by atoms with Crippen LogP contribution >= 0.6 is 0 Å². The third-order valence-electron chi connectivity index (χ3n) is 5.55. The van der Waals surface area contributed by atoms with Gasteiger partial charge in [-0.05, 0) is 43.6 Å². The minimum atomic E-state index is 0.883. The summed E-state index contributed by atoms with van der Waals surface area (Å²) in [6.45, 7) is 10.1. The maximum absolute atomic E-state index is 5.42. The van der Waals surface area contributed by atoms with Crippen LogP contribution in [0.1, 0.15) is 23.1 Å². The van der Waals surface area contributed by atoms with E-state index in [1.54, 1.807) is 0 Å². The van der Waals surface area contributed by atoms with Gasteiger partial charge in [-0.15, -0.1) is 0 Å². The Morgan fingerprint density at radius 2 is 1.89 bits per heavy atom. The number of nitrogens with one attached hydrogen (secondary N) is 1. The van der Waals surface area contributed by atoms with Gasteiger partial charge in [0.25, 0.3) is 0 Å². The van der Waals surface area contributed by atoms with Crippen LogP contribution in [0.3, 0.4) is 0 Å². The van der Waals surface area contributed by atoms with Crippen LogP contribution in [0.4, 0.5) is 0 Å². The molecule has 0 bridgehead atoms. The molecule has 0 unspecified atom stereocenters. The molecule has 0 amide bonds. The number of para-hydroxylation sites is 1. The highest BCUT2D eigenvalue weighted by Gasteiger charge is 2.10. The summed E-state index contributed by atoms with van der Waals surface area (Å²) < 4.78 is 7.80. The van der Waals surface area contributed by atoms with E-state index < -0.39 is 0 Å². The predicted octanol–water partition coefficient (Wildman–Crippen LogP) is 3.81. The first-order chi connectivity index (χ1) is 13.8. The summed E-state index contributed by atoms with van der Waals surface area (Å²) in [6, 6.07) is 17.5. The van der Waals surface area contributed by atoms with E-state index in [0.29, 0.717) is 0 Å². The van der Waals surface area contributed by atoms with Crippen molar-refractivity contribution in [2.45, 2.75) is 26.4 Å². The Balaban J connectivity index is 1.37. The lowest BCUT2D eigenvalue weighted by atomic mass is 10.1. The molecular formula is C24H31N3O. The van der Waals surface area contributed by atoms with E-state index in [4.69, 9.17) is 4.74 Å². The number of ether oxygens (including phenoxy) is 1. The molecule has 28 heavy (non-hydrogen) atoms. The molecule has 0 spiro atoms. The SMILES string of the molecule is Cc1cccc(Cn2cc(CNCCCN3CCOCC3)c3ccccc32)c1. The van der Waals surface area contributed by atoms with Gasteiger partial charge in [0.05, 0.1) is 13.2 Å². The highest BCUT2D eigenvalue weighted by molar-refractivity contribution is 5.84. The molecule has 0 saturated carbocycles. The van der Waals surface area contributed by atoms with Crippen LogP contribution in [-0.2, 0) is 17.8 Å². The predicted molar refractivity (Wildman–Crippen MR) is 116 cm³/mol. The largest absolute Gasteiger partial charge is 0.379 e. The smallest absolute Gasteiger partial charge is 0.0594 e. The summed E-state index contributed by atoms with van der Waals surface area (Å²) in [5.41, 5.74) is 5.37. The molecular weight excluding hydrogens is 346 g/mol. The highest BCUT2D eigenvalue weighted by Crippen LogP contribution is 2.22. The molecule has 0 radical (unpaired) electrons. The maximum atomic E-state index is 5.42. The van der Waals surface area contributed by atoms with E-state index >= 15 is 0 Å². The van der Waals surface area contributed by atoms with Gasteiger partial charge >= 0.3 is 0 Å². The van der Waals surface area contributed by atoms with Gasteiger partial charge in [0.1, 0.15) is 0 Å². The Bertz CT molecular complexity index is 896. The Hall–Kier alpha value is -2.14. The minimum absolute atomic E-state index is 0.883. The Morgan fingerprint density at radius 1 is 1.04 bits per heavy atom. The molecule has 2 heterocycles. The molecule has 1 saturated heterocycles. The molecule has 0 atom stereocenters. The Morgan fingerprint density at radius 3 is 2.75 bits per heavy atom. The molecule has 1 aliphatic heterocycles. The Kier molecular flexibility index (Phi) is 6.42. The quantitative estimate of drug-likeness (QED) is 0.606. The molecule has 1 N–H and O–H groups in total. The van der Waals surface area contributed by atoms with E-state index in [0.717, 1.165) is 52.5 Å². The monoisotopic (exact) mass is 377 g/mol. The Labute approximate surface area is 168 Å². The topological polar surface area (TPSA) is 29.4 Å². The van der Waals surface area contributed by atoms with Crippen molar-refractivity contribution in [2.24, 2.45) is 0 Å². The van der Waals surface area contributed by atoms with Crippen molar-refractivity contribution >= 4 is 10.9 Å². The molecule has 1 aliphatic rings. The normalized spacial score (nSPS) is 15.3. The molecule has 3 aromatic rings. The molecule has 1 aromatic heterocycles. The lowest BCUT2D eigenvalue weighted by molar-refractivity contribution is 0.0374. The lowest BCUT2D eigenvalue weighted by Crippen LogP contribution is -2.37. The average Bonchev–Trinajstić information content (AvgIpc) is 3.06. The average molecular weight is 378 g/mol. The van der Waals surface area contributed by atoms with Crippen molar-refractivity contribution in [1.29, 1.82) is 0 Å². The van der Waals surface area contributed by atoms with Crippen molar-refractivity contribution in [3.05, 3.63) is 71.4 Å². The highest BCUT2D eigenvalue weighted by atomic mass is 16.5. The fourth-order valence-electron chi connectivity index (χ4n) is 4.08. The van der Waals surface area contributed by atoms with Gasteiger partial charge < -0.3 is 14.6 Å². The van der Waals surface area contributed by atoms with E-state index in [1.165, 1.54) is 34.0 Å². The number of rotatable bonds is 8. The number of nitrogens with zero attached hydrogens (tertiary/aromatic N) is 2. The first kappa shape index (κ1) is 19.2. The van der Waals surface area contributed by atoms with Crippen LogP contribution in [0.25, 0.3) is 10.9 Å². The van der Waals surface area contributed by atoms with Crippen molar-refractivity contribution in [3.63, 3.8) is 0 Å². The zero-order valence-corrected chi connectivity index (χ0v) is 16.9. The van der Waals surface area contributed by atoms with E-state index in [-0.39, 0.29) is 0 Å². The van der Waals surface area contributed by atoms with Gasteiger partial charge in [0.15, 0.2) is 0 Å². The number of aromatic nitrogens is 1. The van der Waals surface area contributed by atoms with Crippen molar-refractivity contribution < 1.29 is 4.74 Å². The molecule has 4 nitrogen and oxygen atoms in total. The third kappa shape index (κ3) is 4.82. The standard InChI is InChI=1S/C24H31N3O/c1-20-6-4-7-21(16-20)18-27-19-22(23-8-2-3-9-24(23)27)17-25-10-5-11-26-12-14-28-15-13-26/h2-4,6-9,16,19,25H,5,10-15,17-18H2,1H3. The van der Waals surface area contributed by atoms with E-state index in [2.05, 4.69) is 76.4 Å². The zero-order chi connectivity index (χ0) is 19.2. The van der Waals surface area contributed by atoms with Crippen LogP contribution in [0.15, 0.2) is 54.7 Å². The van der Waals surface area contributed by atoms with Crippen LogP contribution in [0.5, 0.6) is 0 Å². The summed E-state index contributed by atoms with van der Waals surface area (Å²) in [7, 11) is 0. The van der Waals surface area contributed by atoms with E-state index in [9.17, 15) is 0 Å². The van der Waals surface area contributed by atoms with E-state index in [1.807, 2.05) is 0 Å². The second-order valence-corrected chi connectivity index (χ2v) is 7.77. The molecule has 1 fully saturated rings. The van der Waals surface area contributed by atoms with Gasteiger partial charge in [0, 0.05) is 43.3 Å². The second kappa shape index (κ2) is 9.37. The van der Waals surface area contributed by atoms with Crippen molar-refractivity contribution in [2.75, 3.05) is 39.4 Å². The van der Waals surface area contributed by atoms with Gasteiger partial charge in [-0.25, -0.2) is 0 Å². The first-order valence-corrected chi connectivity index (χ1v) is 10.4. The number of fused-ring (bicyclic) bond motifs is 1. The zero-order valence-electron chi connectivity index (χ0n) is 16.9. The van der Waals surface area contributed by atoms with Crippen molar-refractivity contribution in [1.82, 2.24) is 14.8 Å². The van der Waals surface area contributed by atoms with Gasteiger partial charge in [-0.2, -0.15) is 0 Å². The van der Waals surface area contributed by atoms with Crippen LogP contribution in [0, 0.1) is 6.92 Å². The number of aryl methyl sites for hydroxylation is 1. The minimum Gasteiger partial charge on any atom is -0.379 e. The maximum Gasteiger partial charge on any atom is 0.0594 e.